The Labute approximate surface area is 124 Å². The first-order valence-electron chi connectivity index (χ1n) is 5.83. The average molecular weight is 307 g/mol. The maximum Gasteiger partial charge on any atom is 0.235 e. The summed E-state index contributed by atoms with van der Waals surface area (Å²) in [6, 6.07) is 2.09. The summed E-state index contributed by atoms with van der Waals surface area (Å²) < 4.78 is 0.761. The molecule has 6 nitrogen and oxygen atoms in total. The van der Waals surface area contributed by atoms with Crippen LogP contribution in [0, 0.1) is 32.1 Å². The van der Waals surface area contributed by atoms with Gasteiger partial charge in [-0.05, 0) is 26.3 Å². The van der Waals surface area contributed by atoms with Gasteiger partial charge < -0.3 is 10.3 Å². The number of carbonyl (C=O) groups excluding carboxylic acids is 1. The molecule has 0 atom stereocenters. The standard InChI is InChI=1S/C12H13N5OS2/c1-6-7(2)14-11(9(6)4-13)15-10(18)5-19-12-17-16-8(3)20-12/h14H,5H2,1-3H3,(H,15,18). The van der Waals surface area contributed by atoms with E-state index in [2.05, 4.69) is 26.6 Å². The molecule has 0 aliphatic carbocycles. The minimum Gasteiger partial charge on any atom is -0.344 e. The Hall–Kier alpha value is -1.85. The van der Waals surface area contributed by atoms with Crippen molar-refractivity contribution in [2.45, 2.75) is 25.1 Å². The molecule has 2 rings (SSSR count). The number of hydrogen-bond acceptors (Lipinski definition) is 6. The predicted octanol–water partition coefficient (Wildman–Crippen LogP) is 2.39. The number of aryl methyl sites for hydroxylation is 2. The molecule has 0 fully saturated rings. The monoisotopic (exact) mass is 307 g/mol. The van der Waals surface area contributed by atoms with Crippen LogP contribution in [-0.2, 0) is 4.79 Å². The van der Waals surface area contributed by atoms with E-state index in [4.69, 9.17) is 5.26 Å². The fraction of sp³-hybridized carbons (Fsp3) is 0.333. The highest BCUT2D eigenvalue weighted by Gasteiger charge is 2.14. The molecule has 2 N–H and O–H groups in total. The van der Waals surface area contributed by atoms with Crippen LogP contribution in [0.25, 0.3) is 0 Å². The summed E-state index contributed by atoms with van der Waals surface area (Å²) in [5.41, 5.74) is 2.21. The molecule has 1 amide bonds. The fourth-order valence-corrected chi connectivity index (χ4v) is 3.21. The Morgan fingerprint density at radius 3 is 2.80 bits per heavy atom. The van der Waals surface area contributed by atoms with E-state index in [0.29, 0.717) is 11.4 Å². The SMILES string of the molecule is Cc1nnc(SCC(=O)Nc2[nH]c(C)c(C)c2C#N)s1. The second kappa shape index (κ2) is 6.07. The molecule has 8 heteroatoms. The van der Waals surface area contributed by atoms with E-state index in [-0.39, 0.29) is 11.7 Å². The molecular formula is C12H13N5OS2. The Kier molecular flexibility index (Phi) is 4.42. The van der Waals surface area contributed by atoms with E-state index in [1.54, 1.807) is 0 Å². The van der Waals surface area contributed by atoms with Crippen LogP contribution in [0.5, 0.6) is 0 Å². The molecule has 2 aromatic heterocycles. The van der Waals surface area contributed by atoms with Gasteiger partial charge in [0.1, 0.15) is 16.9 Å². The van der Waals surface area contributed by atoms with Crippen molar-refractivity contribution < 1.29 is 4.79 Å². The average Bonchev–Trinajstić information content (AvgIpc) is 2.92. The maximum absolute atomic E-state index is 11.9. The number of nitrogens with zero attached hydrogens (tertiary/aromatic N) is 3. The molecule has 0 spiro atoms. The summed E-state index contributed by atoms with van der Waals surface area (Å²) >= 11 is 2.78. The molecule has 0 aromatic carbocycles. The van der Waals surface area contributed by atoms with Crippen LogP contribution in [0.15, 0.2) is 4.34 Å². The van der Waals surface area contributed by atoms with Crippen molar-refractivity contribution in [2.24, 2.45) is 0 Å². The summed E-state index contributed by atoms with van der Waals surface area (Å²) in [5.74, 6) is 0.513. The molecule has 0 saturated carbocycles. The fourth-order valence-electron chi connectivity index (χ4n) is 1.59. The molecule has 2 heterocycles. The molecule has 0 unspecified atom stereocenters. The Morgan fingerprint density at radius 1 is 1.45 bits per heavy atom. The van der Waals surface area contributed by atoms with Crippen molar-refractivity contribution in [3.63, 3.8) is 0 Å². The normalized spacial score (nSPS) is 10.3. The minimum atomic E-state index is -0.180. The highest BCUT2D eigenvalue weighted by molar-refractivity contribution is 8.01. The second-order valence-corrected chi connectivity index (χ2v) is 6.56. The van der Waals surface area contributed by atoms with E-state index < -0.39 is 0 Å². The molecule has 0 saturated heterocycles. The zero-order valence-corrected chi connectivity index (χ0v) is 12.9. The maximum atomic E-state index is 11.9. The summed E-state index contributed by atoms with van der Waals surface area (Å²) in [7, 11) is 0. The molecular weight excluding hydrogens is 294 g/mol. The number of carbonyl (C=O) groups is 1. The van der Waals surface area contributed by atoms with Crippen LogP contribution < -0.4 is 5.32 Å². The number of H-pyrrole nitrogens is 1. The van der Waals surface area contributed by atoms with Gasteiger partial charge in [0.25, 0.3) is 0 Å². The van der Waals surface area contributed by atoms with Gasteiger partial charge >= 0.3 is 0 Å². The quantitative estimate of drug-likeness (QED) is 0.846. The number of anilines is 1. The third-order valence-corrected chi connectivity index (χ3v) is 4.68. The highest BCUT2D eigenvalue weighted by atomic mass is 32.2. The minimum absolute atomic E-state index is 0.180. The Morgan fingerprint density at radius 2 is 2.20 bits per heavy atom. The lowest BCUT2D eigenvalue weighted by atomic mass is 10.2. The van der Waals surface area contributed by atoms with Gasteiger partial charge in [0.05, 0.1) is 11.3 Å². The van der Waals surface area contributed by atoms with Crippen LogP contribution in [0.4, 0.5) is 5.82 Å². The van der Waals surface area contributed by atoms with Crippen LogP contribution in [0.3, 0.4) is 0 Å². The molecule has 0 aliphatic heterocycles. The van der Waals surface area contributed by atoms with Gasteiger partial charge in [-0.1, -0.05) is 23.1 Å². The number of rotatable bonds is 4. The van der Waals surface area contributed by atoms with Crippen molar-refractivity contribution >= 4 is 34.8 Å². The number of thioether (sulfide) groups is 1. The molecule has 104 valence electrons. The van der Waals surface area contributed by atoms with Crippen molar-refractivity contribution in [3.8, 4) is 6.07 Å². The van der Waals surface area contributed by atoms with E-state index >= 15 is 0 Å². The number of aromatic amines is 1. The zero-order chi connectivity index (χ0) is 14.7. The van der Waals surface area contributed by atoms with Gasteiger partial charge in [-0.25, -0.2) is 0 Å². The lowest BCUT2D eigenvalue weighted by Crippen LogP contribution is -2.15. The highest BCUT2D eigenvalue weighted by Crippen LogP contribution is 2.24. The van der Waals surface area contributed by atoms with Crippen LogP contribution in [-0.4, -0.2) is 26.8 Å². The first-order valence-corrected chi connectivity index (χ1v) is 7.63. The van der Waals surface area contributed by atoms with Gasteiger partial charge in [0.2, 0.25) is 5.91 Å². The van der Waals surface area contributed by atoms with Crippen LogP contribution in [0.2, 0.25) is 0 Å². The Bertz CT molecular complexity index is 683. The van der Waals surface area contributed by atoms with Crippen molar-refractivity contribution in [3.05, 3.63) is 21.8 Å². The van der Waals surface area contributed by atoms with E-state index in [1.807, 2.05) is 20.8 Å². The first kappa shape index (κ1) is 14.6. The number of amides is 1. The molecule has 2 aromatic rings. The summed E-state index contributed by atoms with van der Waals surface area (Å²) in [6.45, 7) is 5.58. The summed E-state index contributed by atoms with van der Waals surface area (Å²) in [4.78, 5) is 14.9. The van der Waals surface area contributed by atoms with Gasteiger partial charge in [-0.2, -0.15) is 5.26 Å². The predicted molar refractivity (Wildman–Crippen MR) is 79.0 cm³/mol. The first-order chi connectivity index (χ1) is 9.51. The second-order valence-electron chi connectivity index (χ2n) is 4.16. The zero-order valence-electron chi connectivity index (χ0n) is 11.3. The van der Waals surface area contributed by atoms with E-state index in [1.165, 1.54) is 23.1 Å². The van der Waals surface area contributed by atoms with Crippen molar-refractivity contribution in [1.82, 2.24) is 15.2 Å². The largest absolute Gasteiger partial charge is 0.344 e. The number of nitriles is 1. The van der Waals surface area contributed by atoms with E-state index in [9.17, 15) is 4.79 Å². The Balaban J connectivity index is 1.98. The number of nitrogens with one attached hydrogen (secondary N) is 2. The van der Waals surface area contributed by atoms with Gasteiger partial charge in [-0.15, -0.1) is 10.2 Å². The number of aromatic nitrogens is 3. The van der Waals surface area contributed by atoms with E-state index in [0.717, 1.165) is 20.6 Å². The smallest absolute Gasteiger partial charge is 0.235 e. The third kappa shape index (κ3) is 3.18. The summed E-state index contributed by atoms with van der Waals surface area (Å²) in [5, 5.41) is 20.5. The topological polar surface area (TPSA) is 94.5 Å². The van der Waals surface area contributed by atoms with Crippen molar-refractivity contribution in [2.75, 3.05) is 11.1 Å². The molecule has 0 bridgehead atoms. The lowest BCUT2D eigenvalue weighted by Gasteiger charge is -2.02. The lowest BCUT2D eigenvalue weighted by molar-refractivity contribution is -0.113. The van der Waals surface area contributed by atoms with Crippen LogP contribution >= 0.6 is 23.1 Å². The molecule has 0 aliphatic rings. The van der Waals surface area contributed by atoms with Gasteiger partial charge in [0.15, 0.2) is 4.34 Å². The molecule has 20 heavy (non-hydrogen) atoms. The number of hydrogen-bond donors (Lipinski definition) is 2. The van der Waals surface area contributed by atoms with Gasteiger partial charge in [0, 0.05) is 5.69 Å². The van der Waals surface area contributed by atoms with Gasteiger partial charge in [-0.3, -0.25) is 4.79 Å². The summed E-state index contributed by atoms with van der Waals surface area (Å²) in [6.07, 6.45) is 0. The molecule has 0 radical (unpaired) electrons. The third-order valence-electron chi connectivity index (χ3n) is 2.71. The van der Waals surface area contributed by atoms with Crippen molar-refractivity contribution in [1.29, 1.82) is 5.26 Å². The van der Waals surface area contributed by atoms with Crippen LogP contribution in [0.1, 0.15) is 21.8 Å².